The topological polar surface area (TPSA) is 102 Å². The number of hydrogen-bond acceptors (Lipinski definition) is 7. The molecule has 1 aliphatic rings. The third-order valence-electron chi connectivity index (χ3n) is 4.35. The number of nitrogens with one attached hydrogen (secondary N) is 1. The minimum atomic E-state index is -3.55. The van der Waals surface area contributed by atoms with E-state index in [4.69, 9.17) is 9.47 Å². The first kappa shape index (κ1) is 22.0. The number of ether oxygens (including phenoxy) is 2. The second-order valence-electron chi connectivity index (χ2n) is 7.85. The minimum absolute atomic E-state index is 0.00136. The average Bonchev–Trinajstić information content (AvgIpc) is 2.58. The number of carbonyl (C=O) groups is 2. The van der Waals surface area contributed by atoms with E-state index in [1.54, 1.807) is 12.1 Å². The summed E-state index contributed by atoms with van der Waals surface area (Å²) in [6.45, 7) is 6.75. The second-order valence-corrected chi connectivity index (χ2v) is 9.84. The maximum atomic E-state index is 12.0. The minimum Gasteiger partial charge on any atom is -0.465 e. The van der Waals surface area contributed by atoms with Gasteiger partial charge in [0.15, 0.2) is 9.84 Å². The highest BCUT2D eigenvalue weighted by atomic mass is 32.2. The van der Waals surface area contributed by atoms with Crippen LogP contribution in [0.5, 0.6) is 0 Å². The number of anilines is 1. The Kier molecular flexibility index (Phi) is 6.59. The van der Waals surface area contributed by atoms with Crippen molar-refractivity contribution in [2.24, 2.45) is 0 Å². The zero-order chi connectivity index (χ0) is 21.1. The lowest BCUT2D eigenvalue weighted by Crippen LogP contribution is -2.46. The van der Waals surface area contributed by atoms with Crippen LogP contribution in [-0.2, 0) is 19.3 Å². The number of sulfone groups is 1. The maximum absolute atomic E-state index is 12.0. The standard InChI is InChI=1S/C19H28N2O6S/c1-19(2,3)27-18(23)20-13-8-10-21(11-9-13)14-6-7-16(28(5,24)25)15(12-14)17(22)26-4/h6-7,12-13H,8-11H2,1-5H3,(H,20,23). The molecule has 0 radical (unpaired) electrons. The van der Waals surface area contributed by atoms with Gasteiger partial charge in [0.25, 0.3) is 0 Å². The number of hydrogen-bond donors (Lipinski definition) is 1. The molecule has 1 aromatic rings. The summed E-state index contributed by atoms with van der Waals surface area (Å²) in [6, 6.07) is 4.66. The first-order valence-corrected chi connectivity index (χ1v) is 11.0. The Morgan fingerprint density at radius 2 is 1.79 bits per heavy atom. The second kappa shape index (κ2) is 8.38. The van der Waals surface area contributed by atoms with Crippen LogP contribution in [0.15, 0.2) is 23.1 Å². The number of benzene rings is 1. The number of amides is 1. The highest BCUT2D eigenvalue weighted by Crippen LogP contribution is 2.26. The van der Waals surface area contributed by atoms with Crippen molar-refractivity contribution in [3.63, 3.8) is 0 Å². The van der Waals surface area contributed by atoms with E-state index in [9.17, 15) is 18.0 Å². The Bertz CT molecular complexity index is 836. The first-order valence-electron chi connectivity index (χ1n) is 9.07. The normalized spacial score (nSPS) is 15.8. The maximum Gasteiger partial charge on any atom is 0.407 e. The predicted octanol–water partition coefficient (Wildman–Crippen LogP) is 2.37. The van der Waals surface area contributed by atoms with Gasteiger partial charge in [-0.15, -0.1) is 0 Å². The van der Waals surface area contributed by atoms with Gasteiger partial charge in [-0.1, -0.05) is 0 Å². The highest BCUT2D eigenvalue weighted by Gasteiger charge is 2.26. The first-order chi connectivity index (χ1) is 12.9. The van der Waals surface area contributed by atoms with Crippen LogP contribution >= 0.6 is 0 Å². The molecule has 1 N–H and O–H groups in total. The lowest BCUT2D eigenvalue weighted by atomic mass is 10.0. The van der Waals surface area contributed by atoms with Crippen molar-refractivity contribution in [1.82, 2.24) is 5.32 Å². The van der Waals surface area contributed by atoms with Gasteiger partial charge in [-0.25, -0.2) is 18.0 Å². The van der Waals surface area contributed by atoms with Crippen LogP contribution < -0.4 is 10.2 Å². The lowest BCUT2D eigenvalue weighted by molar-refractivity contribution is 0.0496. The van der Waals surface area contributed by atoms with Crippen LogP contribution in [0, 0.1) is 0 Å². The van der Waals surface area contributed by atoms with E-state index in [0.717, 1.165) is 11.9 Å². The van der Waals surface area contributed by atoms with Crippen LogP contribution in [0.25, 0.3) is 0 Å². The molecule has 1 amide bonds. The molecule has 9 heteroatoms. The molecular weight excluding hydrogens is 384 g/mol. The fourth-order valence-electron chi connectivity index (χ4n) is 3.06. The fourth-order valence-corrected chi connectivity index (χ4v) is 3.92. The van der Waals surface area contributed by atoms with Gasteiger partial charge in [0.05, 0.1) is 17.6 Å². The molecule has 0 atom stereocenters. The summed E-state index contributed by atoms with van der Waals surface area (Å²) < 4.78 is 33.9. The molecule has 0 spiro atoms. The highest BCUT2D eigenvalue weighted by molar-refractivity contribution is 7.90. The van der Waals surface area contributed by atoms with E-state index < -0.39 is 27.5 Å². The molecule has 0 aliphatic carbocycles. The molecule has 28 heavy (non-hydrogen) atoms. The van der Waals surface area contributed by atoms with Gasteiger partial charge in [0, 0.05) is 31.1 Å². The van der Waals surface area contributed by atoms with Gasteiger partial charge in [-0.05, 0) is 51.8 Å². The van der Waals surface area contributed by atoms with Crippen molar-refractivity contribution in [3.8, 4) is 0 Å². The summed E-state index contributed by atoms with van der Waals surface area (Å²) in [4.78, 5) is 25.9. The van der Waals surface area contributed by atoms with Crippen LogP contribution in [-0.4, -0.2) is 58.6 Å². The number of alkyl carbamates (subject to hydrolysis) is 1. The Balaban J connectivity index is 2.08. The molecule has 156 valence electrons. The number of piperidine rings is 1. The Morgan fingerprint density at radius 1 is 1.18 bits per heavy atom. The molecule has 1 aliphatic heterocycles. The van der Waals surface area contributed by atoms with Crippen molar-refractivity contribution in [3.05, 3.63) is 23.8 Å². The van der Waals surface area contributed by atoms with E-state index in [1.807, 2.05) is 25.7 Å². The van der Waals surface area contributed by atoms with Gasteiger partial charge in [0.1, 0.15) is 5.60 Å². The van der Waals surface area contributed by atoms with E-state index in [2.05, 4.69) is 5.32 Å². The molecule has 1 heterocycles. The quantitative estimate of drug-likeness (QED) is 0.758. The molecule has 0 aromatic heterocycles. The third-order valence-corrected chi connectivity index (χ3v) is 5.50. The predicted molar refractivity (Wildman–Crippen MR) is 105 cm³/mol. The zero-order valence-corrected chi connectivity index (χ0v) is 17.8. The molecule has 1 aromatic carbocycles. The lowest BCUT2D eigenvalue weighted by Gasteiger charge is -2.34. The Hall–Kier alpha value is -2.29. The Labute approximate surface area is 166 Å². The number of nitrogens with zero attached hydrogens (tertiary/aromatic N) is 1. The summed E-state index contributed by atoms with van der Waals surface area (Å²) in [5.74, 6) is -0.691. The van der Waals surface area contributed by atoms with Crippen molar-refractivity contribution in [1.29, 1.82) is 0 Å². The molecule has 8 nitrogen and oxygen atoms in total. The monoisotopic (exact) mass is 412 g/mol. The molecule has 0 saturated carbocycles. The van der Waals surface area contributed by atoms with Gasteiger partial charge >= 0.3 is 12.1 Å². The van der Waals surface area contributed by atoms with E-state index in [1.165, 1.54) is 13.2 Å². The number of esters is 1. The SMILES string of the molecule is COC(=O)c1cc(N2CCC(NC(=O)OC(C)(C)C)CC2)ccc1S(C)(=O)=O. The number of rotatable bonds is 4. The molecule has 0 bridgehead atoms. The van der Waals surface area contributed by atoms with Crippen LogP contribution in [0.1, 0.15) is 44.0 Å². The largest absolute Gasteiger partial charge is 0.465 e. The van der Waals surface area contributed by atoms with Crippen LogP contribution in [0.2, 0.25) is 0 Å². The average molecular weight is 413 g/mol. The van der Waals surface area contributed by atoms with E-state index in [-0.39, 0.29) is 16.5 Å². The van der Waals surface area contributed by atoms with Crippen LogP contribution in [0.3, 0.4) is 0 Å². The number of methoxy groups -OCH3 is 1. The smallest absolute Gasteiger partial charge is 0.407 e. The zero-order valence-electron chi connectivity index (χ0n) is 16.9. The van der Waals surface area contributed by atoms with E-state index >= 15 is 0 Å². The fraction of sp³-hybridized carbons (Fsp3) is 0.579. The van der Waals surface area contributed by atoms with Gasteiger partial charge in [-0.2, -0.15) is 0 Å². The summed E-state index contributed by atoms with van der Waals surface area (Å²) in [5, 5.41) is 2.87. The summed E-state index contributed by atoms with van der Waals surface area (Å²) in [5.41, 5.74) is 0.219. The van der Waals surface area contributed by atoms with Gasteiger partial charge in [0.2, 0.25) is 0 Å². The van der Waals surface area contributed by atoms with Crippen molar-refractivity contribution in [2.75, 3.05) is 31.4 Å². The summed E-state index contributed by atoms with van der Waals surface area (Å²) in [6.07, 6.45) is 2.04. The molecule has 2 rings (SSSR count). The summed E-state index contributed by atoms with van der Waals surface area (Å²) in [7, 11) is -2.34. The van der Waals surface area contributed by atoms with Gasteiger partial charge < -0.3 is 19.7 Å². The summed E-state index contributed by atoms with van der Waals surface area (Å²) >= 11 is 0. The van der Waals surface area contributed by atoms with Crippen molar-refractivity contribution < 1.29 is 27.5 Å². The van der Waals surface area contributed by atoms with Crippen molar-refractivity contribution in [2.45, 2.75) is 50.2 Å². The van der Waals surface area contributed by atoms with Crippen LogP contribution in [0.4, 0.5) is 10.5 Å². The van der Waals surface area contributed by atoms with Gasteiger partial charge in [-0.3, -0.25) is 0 Å². The van der Waals surface area contributed by atoms with Crippen molar-refractivity contribution >= 4 is 27.6 Å². The molecule has 1 fully saturated rings. The molecule has 0 unspecified atom stereocenters. The third kappa shape index (κ3) is 5.85. The van der Waals surface area contributed by atoms with E-state index in [0.29, 0.717) is 25.9 Å². The molecule has 1 saturated heterocycles. The Morgan fingerprint density at radius 3 is 2.29 bits per heavy atom. The number of carbonyl (C=O) groups excluding carboxylic acids is 2. The molecular formula is C19H28N2O6S.